The Morgan fingerprint density at radius 3 is 3.00 bits per heavy atom. The summed E-state index contributed by atoms with van der Waals surface area (Å²) in [5, 5.41) is 8.68. The number of nitrogens with two attached hydrogens (primary N) is 1. The van der Waals surface area contributed by atoms with E-state index in [4.69, 9.17) is 25.4 Å². The van der Waals surface area contributed by atoms with Gasteiger partial charge in [-0.15, -0.1) is 0 Å². The van der Waals surface area contributed by atoms with Gasteiger partial charge in [0.05, 0.1) is 24.1 Å². The summed E-state index contributed by atoms with van der Waals surface area (Å²) in [6, 6.07) is 7.02. The number of carbonyl (C=O) groups excluding carboxylic acids is 1. The lowest BCUT2D eigenvalue weighted by Crippen LogP contribution is -2.52. The summed E-state index contributed by atoms with van der Waals surface area (Å²) in [5.41, 5.74) is 7.78. The van der Waals surface area contributed by atoms with Crippen LogP contribution < -0.4 is 15.4 Å². The van der Waals surface area contributed by atoms with Gasteiger partial charge >= 0.3 is 6.09 Å². The van der Waals surface area contributed by atoms with Crippen LogP contribution in [0.2, 0.25) is 0 Å². The van der Waals surface area contributed by atoms with Crippen LogP contribution in [0, 0.1) is 5.41 Å². The molecular formula is C21H26N6O4. The van der Waals surface area contributed by atoms with Crippen molar-refractivity contribution in [2.45, 2.75) is 19.1 Å². The summed E-state index contributed by atoms with van der Waals surface area (Å²) < 4.78 is 16.1. The van der Waals surface area contributed by atoms with Gasteiger partial charge in [0, 0.05) is 44.1 Å². The molecule has 1 aromatic heterocycles. The summed E-state index contributed by atoms with van der Waals surface area (Å²) in [6.07, 6.45) is 1.05. The minimum atomic E-state index is -0.257. The highest BCUT2D eigenvalue weighted by Crippen LogP contribution is 2.25. The number of anilines is 2. The molecule has 2 aromatic rings. The van der Waals surface area contributed by atoms with Gasteiger partial charge in [0.2, 0.25) is 0 Å². The molecule has 0 radical (unpaired) electrons. The number of cyclic esters (lactones) is 1. The van der Waals surface area contributed by atoms with Crippen LogP contribution in [0.4, 0.5) is 16.3 Å². The van der Waals surface area contributed by atoms with Crippen LogP contribution >= 0.6 is 0 Å². The lowest BCUT2D eigenvalue weighted by atomic mass is 10.0. The number of piperazine rings is 1. The molecule has 2 saturated heterocycles. The van der Waals surface area contributed by atoms with Crippen LogP contribution in [0.1, 0.15) is 18.2 Å². The summed E-state index contributed by atoms with van der Waals surface area (Å²) in [7, 11) is 1.62. The predicted molar refractivity (Wildman–Crippen MR) is 115 cm³/mol. The molecule has 1 aromatic carbocycles. The second-order valence-electron chi connectivity index (χ2n) is 7.64. The number of carbonyl (C=O) groups is 1. The van der Waals surface area contributed by atoms with Crippen molar-refractivity contribution >= 4 is 23.3 Å². The van der Waals surface area contributed by atoms with Gasteiger partial charge in [0.25, 0.3) is 0 Å². The largest absolute Gasteiger partial charge is 0.488 e. The lowest BCUT2D eigenvalue weighted by Gasteiger charge is -2.36. The molecule has 0 saturated carbocycles. The van der Waals surface area contributed by atoms with Gasteiger partial charge in [0.1, 0.15) is 30.6 Å². The van der Waals surface area contributed by atoms with Gasteiger partial charge in [-0.3, -0.25) is 10.3 Å². The Labute approximate surface area is 180 Å². The third-order valence-corrected chi connectivity index (χ3v) is 5.38. The fraction of sp³-hybridized carbons (Fsp3) is 0.429. The van der Waals surface area contributed by atoms with Gasteiger partial charge in [-0.05, 0) is 25.1 Å². The lowest BCUT2D eigenvalue weighted by molar-refractivity contribution is 0.0921. The highest BCUT2D eigenvalue weighted by atomic mass is 16.6. The van der Waals surface area contributed by atoms with Crippen molar-refractivity contribution in [2.24, 2.45) is 0 Å². The molecule has 3 heterocycles. The molecule has 1 amide bonds. The molecule has 2 fully saturated rings. The summed E-state index contributed by atoms with van der Waals surface area (Å²) in [4.78, 5) is 24.2. The van der Waals surface area contributed by atoms with E-state index in [1.165, 1.54) is 6.33 Å². The first kappa shape index (κ1) is 20.9. The molecule has 10 heteroatoms. The van der Waals surface area contributed by atoms with E-state index in [0.29, 0.717) is 61.4 Å². The number of nitrogen functional groups attached to an aromatic ring is 1. The normalized spacial score (nSPS) is 19.0. The van der Waals surface area contributed by atoms with Crippen molar-refractivity contribution in [1.29, 1.82) is 5.41 Å². The van der Waals surface area contributed by atoms with E-state index in [1.54, 1.807) is 36.3 Å². The molecule has 10 nitrogen and oxygen atoms in total. The van der Waals surface area contributed by atoms with Crippen molar-refractivity contribution in [3.63, 3.8) is 0 Å². The minimum absolute atomic E-state index is 0.0117. The molecule has 4 rings (SSSR count). The van der Waals surface area contributed by atoms with E-state index in [-0.39, 0.29) is 24.0 Å². The molecule has 164 valence electrons. The van der Waals surface area contributed by atoms with Crippen LogP contribution in [-0.2, 0) is 9.47 Å². The smallest absolute Gasteiger partial charge is 0.410 e. The van der Waals surface area contributed by atoms with Gasteiger partial charge in [0.15, 0.2) is 0 Å². The minimum Gasteiger partial charge on any atom is -0.488 e. The SMILES string of the molecule is COC[C@H](C)Oc1ccc(N)c(C(=N)c2cc(N3CCN4C(=O)OCC4C3)ncn2)c1. The molecule has 0 aliphatic carbocycles. The Hall–Kier alpha value is -3.40. The maximum Gasteiger partial charge on any atom is 0.410 e. The maximum absolute atomic E-state index is 11.7. The summed E-state index contributed by atoms with van der Waals surface area (Å²) in [5.74, 6) is 1.31. The van der Waals surface area contributed by atoms with E-state index in [1.807, 2.05) is 6.92 Å². The number of methoxy groups -OCH3 is 1. The average molecular weight is 426 g/mol. The zero-order valence-corrected chi connectivity index (χ0v) is 17.6. The Kier molecular flexibility index (Phi) is 5.90. The number of hydrogen-bond acceptors (Lipinski definition) is 9. The molecule has 0 bridgehead atoms. The summed E-state index contributed by atoms with van der Waals surface area (Å²) >= 11 is 0. The van der Waals surface area contributed by atoms with Gasteiger partial charge in [-0.1, -0.05) is 0 Å². The van der Waals surface area contributed by atoms with Crippen molar-refractivity contribution in [3.8, 4) is 5.75 Å². The number of amides is 1. The molecule has 3 N–H and O–H groups in total. The first-order valence-corrected chi connectivity index (χ1v) is 10.1. The Balaban J connectivity index is 1.53. The predicted octanol–water partition coefficient (Wildman–Crippen LogP) is 1.53. The first-order chi connectivity index (χ1) is 15.0. The third kappa shape index (κ3) is 4.38. The van der Waals surface area contributed by atoms with Crippen LogP contribution in [0.5, 0.6) is 5.75 Å². The van der Waals surface area contributed by atoms with Gasteiger partial charge in [-0.2, -0.15) is 0 Å². The van der Waals surface area contributed by atoms with E-state index >= 15 is 0 Å². The Morgan fingerprint density at radius 1 is 1.35 bits per heavy atom. The number of benzene rings is 1. The van der Waals surface area contributed by atoms with E-state index in [9.17, 15) is 4.79 Å². The van der Waals surface area contributed by atoms with Crippen molar-refractivity contribution in [1.82, 2.24) is 14.9 Å². The molecule has 2 aliphatic rings. The van der Waals surface area contributed by atoms with E-state index in [0.717, 1.165) is 0 Å². The van der Waals surface area contributed by atoms with Crippen LogP contribution in [0.3, 0.4) is 0 Å². The molecule has 1 unspecified atom stereocenters. The average Bonchev–Trinajstić information content (AvgIpc) is 3.15. The molecule has 2 aliphatic heterocycles. The van der Waals surface area contributed by atoms with E-state index in [2.05, 4.69) is 14.9 Å². The molecular weight excluding hydrogens is 400 g/mol. The molecule has 0 spiro atoms. The molecule has 31 heavy (non-hydrogen) atoms. The number of nitrogens with one attached hydrogen (secondary N) is 1. The Morgan fingerprint density at radius 2 is 2.19 bits per heavy atom. The topological polar surface area (TPSA) is 127 Å². The highest BCUT2D eigenvalue weighted by Gasteiger charge is 2.37. The van der Waals surface area contributed by atoms with Crippen LogP contribution in [0.25, 0.3) is 0 Å². The number of hydrogen-bond donors (Lipinski definition) is 2. The monoisotopic (exact) mass is 426 g/mol. The zero-order valence-electron chi connectivity index (χ0n) is 17.6. The van der Waals surface area contributed by atoms with Gasteiger partial charge in [-0.25, -0.2) is 14.8 Å². The highest BCUT2D eigenvalue weighted by molar-refractivity contribution is 6.13. The maximum atomic E-state index is 11.7. The van der Waals surface area contributed by atoms with Crippen molar-refractivity contribution in [3.05, 3.63) is 41.9 Å². The number of fused-ring (bicyclic) bond motifs is 1. The molecule has 2 atom stereocenters. The number of nitrogens with zero attached hydrogens (tertiary/aromatic N) is 4. The Bertz CT molecular complexity index is 984. The second-order valence-corrected chi connectivity index (χ2v) is 7.64. The zero-order chi connectivity index (χ0) is 22.0. The number of aromatic nitrogens is 2. The van der Waals surface area contributed by atoms with Crippen molar-refractivity contribution in [2.75, 3.05) is 50.6 Å². The van der Waals surface area contributed by atoms with E-state index < -0.39 is 0 Å². The number of ether oxygens (including phenoxy) is 3. The number of rotatable bonds is 7. The fourth-order valence-corrected chi connectivity index (χ4v) is 3.82. The third-order valence-electron chi connectivity index (χ3n) is 5.38. The quantitative estimate of drug-likeness (QED) is 0.504. The second kappa shape index (κ2) is 8.76. The first-order valence-electron chi connectivity index (χ1n) is 10.1. The van der Waals surface area contributed by atoms with Crippen molar-refractivity contribution < 1.29 is 19.0 Å². The summed E-state index contributed by atoms with van der Waals surface area (Å²) in [6.45, 7) is 4.58. The van der Waals surface area contributed by atoms with Gasteiger partial charge < -0.3 is 24.8 Å². The standard InChI is InChI=1S/C21H26N6O4/c1-13(10-29-2)31-15-3-4-17(22)16(7-15)20(23)18-8-19(25-12-24-18)26-5-6-27-14(9-26)11-30-21(27)28/h3-4,7-8,12-14,23H,5-6,9-11,22H2,1-2H3/t13-,14?/m0/s1. The van der Waals surface area contributed by atoms with Crippen LogP contribution in [0.15, 0.2) is 30.6 Å². The van der Waals surface area contributed by atoms with Crippen LogP contribution in [-0.4, -0.2) is 78.8 Å². The fourth-order valence-electron chi connectivity index (χ4n) is 3.82.